The fraction of sp³-hybridized carbons (Fsp3) is 0. The second kappa shape index (κ2) is 3.17. The van der Waals surface area contributed by atoms with E-state index in [0.29, 0.717) is 5.69 Å². The number of nitrogens with zero attached hydrogens (tertiary/aromatic N) is 1. The van der Waals surface area contributed by atoms with Gasteiger partial charge in [0.25, 0.3) is 0 Å². The van der Waals surface area contributed by atoms with Gasteiger partial charge in [0.1, 0.15) is 10.8 Å². The van der Waals surface area contributed by atoms with E-state index < -0.39 is 0 Å². The first kappa shape index (κ1) is 8.61. The van der Waals surface area contributed by atoms with Crippen LogP contribution in [0.1, 0.15) is 5.56 Å². The third kappa shape index (κ3) is 1.43. The molecule has 1 aromatic heterocycles. The lowest BCUT2D eigenvalue weighted by Crippen LogP contribution is -1.89. The number of anilines is 2. The van der Waals surface area contributed by atoms with Gasteiger partial charge >= 0.3 is 0 Å². The summed E-state index contributed by atoms with van der Waals surface area (Å²) in [5.41, 5.74) is 2.52. The highest BCUT2D eigenvalue weighted by Crippen LogP contribution is 2.35. The van der Waals surface area contributed by atoms with Gasteiger partial charge in [-0.05, 0) is 29.6 Å². The summed E-state index contributed by atoms with van der Waals surface area (Å²) in [6.45, 7) is 0. The van der Waals surface area contributed by atoms with Crippen LogP contribution >= 0.6 is 11.3 Å². The zero-order valence-electron chi connectivity index (χ0n) is 7.70. The summed E-state index contributed by atoms with van der Waals surface area (Å²) >= 11 is 1.58. The summed E-state index contributed by atoms with van der Waals surface area (Å²) < 4.78 is 13.0. The van der Waals surface area contributed by atoms with Crippen molar-refractivity contribution in [1.29, 1.82) is 0 Å². The second-order valence-corrected chi connectivity index (χ2v) is 4.17. The molecular formula is C11H7FN2S. The normalized spacial score (nSPS) is 12.6. The van der Waals surface area contributed by atoms with E-state index in [-0.39, 0.29) is 5.82 Å². The van der Waals surface area contributed by atoms with E-state index in [4.69, 9.17) is 0 Å². The first-order chi connectivity index (χ1) is 7.33. The van der Waals surface area contributed by atoms with Gasteiger partial charge in [0.2, 0.25) is 0 Å². The Balaban J connectivity index is 2.18. The van der Waals surface area contributed by atoms with Gasteiger partial charge in [-0.2, -0.15) is 0 Å². The smallest absolute Gasteiger partial charge is 0.125 e. The molecule has 2 aromatic rings. The standard InChI is InChI=1S/C11H7FN2S/c12-8-1-2-9-10(5-8)14-11-7(6-13-9)3-4-15-11/h1-6,14H. The fourth-order valence-corrected chi connectivity index (χ4v) is 2.28. The Morgan fingerprint density at radius 2 is 2.20 bits per heavy atom. The molecule has 1 aliphatic heterocycles. The molecule has 0 bridgehead atoms. The fourth-order valence-electron chi connectivity index (χ4n) is 1.50. The summed E-state index contributed by atoms with van der Waals surface area (Å²) in [4.78, 5) is 4.29. The number of fused-ring (bicyclic) bond motifs is 2. The van der Waals surface area contributed by atoms with Crippen molar-refractivity contribution >= 4 is 33.9 Å². The van der Waals surface area contributed by atoms with Crippen molar-refractivity contribution in [3.63, 3.8) is 0 Å². The molecule has 0 atom stereocenters. The van der Waals surface area contributed by atoms with E-state index >= 15 is 0 Å². The van der Waals surface area contributed by atoms with Gasteiger partial charge in [-0.3, -0.25) is 4.99 Å². The SMILES string of the molecule is Fc1ccc2c(c1)Nc1sccc1C=N2. The van der Waals surface area contributed by atoms with Gasteiger partial charge in [0, 0.05) is 11.8 Å². The number of benzene rings is 1. The van der Waals surface area contributed by atoms with E-state index in [2.05, 4.69) is 10.3 Å². The maximum Gasteiger partial charge on any atom is 0.125 e. The summed E-state index contributed by atoms with van der Waals surface area (Å²) in [6.07, 6.45) is 1.79. The molecule has 2 nitrogen and oxygen atoms in total. The summed E-state index contributed by atoms with van der Waals surface area (Å²) in [7, 11) is 0. The Hall–Kier alpha value is -1.68. The molecule has 0 spiro atoms. The molecule has 0 saturated carbocycles. The Morgan fingerprint density at radius 3 is 3.13 bits per heavy atom. The molecule has 0 fully saturated rings. The highest BCUT2D eigenvalue weighted by Gasteiger charge is 2.10. The minimum Gasteiger partial charge on any atom is -0.345 e. The number of aliphatic imine (C=N–C) groups is 1. The van der Waals surface area contributed by atoms with Crippen molar-refractivity contribution in [2.75, 3.05) is 5.32 Å². The average molecular weight is 218 g/mol. The van der Waals surface area contributed by atoms with Crippen LogP contribution < -0.4 is 5.32 Å². The van der Waals surface area contributed by atoms with Crippen LogP contribution in [0, 0.1) is 5.82 Å². The van der Waals surface area contributed by atoms with Crippen molar-refractivity contribution in [2.24, 2.45) is 4.99 Å². The molecule has 0 saturated heterocycles. The van der Waals surface area contributed by atoms with Gasteiger partial charge in [-0.15, -0.1) is 11.3 Å². The van der Waals surface area contributed by atoms with Crippen LogP contribution in [0.2, 0.25) is 0 Å². The second-order valence-electron chi connectivity index (χ2n) is 3.25. The van der Waals surface area contributed by atoms with Crippen LogP contribution in [0.15, 0.2) is 34.6 Å². The Morgan fingerprint density at radius 1 is 1.27 bits per heavy atom. The van der Waals surface area contributed by atoms with E-state index in [1.165, 1.54) is 12.1 Å². The molecule has 0 amide bonds. The van der Waals surface area contributed by atoms with Gasteiger partial charge in [-0.25, -0.2) is 4.39 Å². The third-order valence-corrected chi connectivity index (χ3v) is 3.09. The zero-order valence-corrected chi connectivity index (χ0v) is 8.51. The molecule has 1 N–H and O–H groups in total. The topological polar surface area (TPSA) is 24.4 Å². The van der Waals surface area contributed by atoms with Crippen LogP contribution in [0.5, 0.6) is 0 Å². The zero-order chi connectivity index (χ0) is 10.3. The predicted molar refractivity (Wildman–Crippen MR) is 61.3 cm³/mol. The largest absolute Gasteiger partial charge is 0.345 e. The highest BCUT2D eigenvalue weighted by atomic mass is 32.1. The number of rotatable bonds is 0. The lowest BCUT2D eigenvalue weighted by Gasteiger charge is -2.05. The molecule has 0 aliphatic carbocycles. The van der Waals surface area contributed by atoms with Crippen LogP contribution in [-0.4, -0.2) is 6.21 Å². The quantitative estimate of drug-likeness (QED) is 0.611. The highest BCUT2D eigenvalue weighted by molar-refractivity contribution is 7.14. The summed E-state index contributed by atoms with van der Waals surface area (Å²) in [5.74, 6) is -0.253. The van der Waals surface area contributed by atoms with Crippen molar-refractivity contribution in [3.05, 3.63) is 41.0 Å². The molecule has 4 heteroatoms. The van der Waals surface area contributed by atoms with Crippen molar-refractivity contribution in [2.45, 2.75) is 0 Å². The maximum atomic E-state index is 13.0. The van der Waals surface area contributed by atoms with E-state index in [1.54, 1.807) is 23.6 Å². The molecule has 0 radical (unpaired) electrons. The van der Waals surface area contributed by atoms with Gasteiger partial charge in [0.05, 0.1) is 11.4 Å². The number of thiophene rings is 1. The average Bonchev–Trinajstić information content (AvgIpc) is 2.58. The maximum absolute atomic E-state index is 13.0. The lowest BCUT2D eigenvalue weighted by atomic mass is 10.2. The molecule has 3 rings (SSSR count). The van der Waals surface area contributed by atoms with Crippen LogP contribution in [0.25, 0.3) is 0 Å². The molecular weight excluding hydrogens is 211 g/mol. The van der Waals surface area contributed by atoms with E-state index in [9.17, 15) is 4.39 Å². The van der Waals surface area contributed by atoms with E-state index in [0.717, 1.165) is 16.3 Å². The molecule has 15 heavy (non-hydrogen) atoms. The summed E-state index contributed by atoms with van der Waals surface area (Å²) in [6, 6.07) is 6.53. The lowest BCUT2D eigenvalue weighted by molar-refractivity contribution is 0.628. The Kier molecular flexibility index (Phi) is 1.82. The summed E-state index contributed by atoms with van der Waals surface area (Å²) in [5, 5.41) is 6.16. The predicted octanol–water partition coefficient (Wildman–Crippen LogP) is 3.69. The minimum atomic E-state index is -0.253. The number of hydrogen-bond donors (Lipinski definition) is 1. The third-order valence-electron chi connectivity index (χ3n) is 2.25. The molecule has 2 heterocycles. The van der Waals surface area contributed by atoms with Crippen molar-refractivity contribution < 1.29 is 4.39 Å². The first-order valence-electron chi connectivity index (χ1n) is 4.51. The number of halogens is 1. The Labute approximate surface area is 90.1 Å². The van der Waals surface area contributed by atoms with Gasteiger partial charge < -0.3 is 5.32 Å². The first-order valence-corrected chi connectivity index (χ1v) is 5.39. The van der Waals surface area contributed by atoms with Gasteiger partial charge in [-0.1, -0.05) is 0 Å². The number of nitrogens with one attached hydrogen (secondary N) is 1. The monoisotopic (exact) mass is 218 g/mol. The van der Waals surface area contributed by atoms with Crippen LogP contribution in [0.3, 0.4) is 0 Å². The molecule has 1 aliphatic rings. The van der Waals surface area contributed by atoms with E-state index in [1.807, 2.05) is 11.4 Å². The molecule has 74 valence electrons. The molecule has 1 aromatic carbocycles. The van der Waals surface area contributed by atoms with Crippen LogP contribution in [0.4, 0.5) is 20.8 Å². The number of hydrogen-bond acceptors (Lipinski definition) is 3. The Bertz CT molecular complexity index is 545. The van der Waals surface area contributed by atoms with Crippen LogP contribution in [-0.2, 0) is 0 Å². The van der Waals surface area contributed by atoms with Crippen molar-refractivity contribution in [3.8, 4) is 0 Å². The molecule has 0 unspecified atom stereocenters. The minimum absolute atomic E-state index is 0.253. The van der Waals surface area contributed by atoms with Crippen molar-refractivity contribution in [1.82, 2.24) is 0 Å². The van der Waals surface area contributed by atoms with Gasteiger partial charge in [0.15, 0.2) is 0 Å².